The molecule has 8 nitrogen and oxygen atoms in total. The normalized spacial score (nSPS) is 16.7. The molecule has 10 heteroatoms. The van der Waals surface area contributed by atoms with Crippen molar-refractivity contribution in [2.75, 3.05) is 45.6 Å². The number of nitrogen functional groups attached to an aromatic ring is 1. The predicted octanol–water partition coefficient (Wildman–Crippen LogP) is 4.94. The number of nitrogens with zero attached hydrogens (tertiary/aromatic N) is 4. The Morgan fingerprint density at radius 2 is 1.95 bits per heavy atom. The molecule has 1 aromatic heterocycles. The van der Waals surface area contributed by atoms with Gasteiger partial charge in [-0.2, -0.15) is 0 Å². The van der Waals surface area contributed by atoms with E-state index < -0.39 is 6.10 Å². The fraction of sp³-hybridized carbons (Fsp3) is 0.393. The minimum absolute atomic E-state index is 0.155. The minimum atomic E-state index is -0.641. The predicted molar refractivity (Wildman–Crippen MR) is 149 cm³/mol. The number of carbonyl (C=O) groups excluding carboxylic acids is 1. The highest BCUT2D eigenvalue weighted by Gasteiger charge is 2.26. The van der Waals surface area contributed by atoms with E-state index in [1.807, 2.05) is 0 Å². The van der Waals surface area contributed by atoms with Crippen molar-refractivity contribution in [1.82, 2.24) is 19.8 Å². The topological polar surface area (TPSA) is 93.8 Å². The van der Waals surface area contributed by atoms with Crippen LogP contribution in [0.2, 0.25) is 10.0 Å². The standard InChI is InChI=1S/C28H31Cl2N5O3/c1-16-12-18(13-19-15-34(3)7-6-20(16)19)23-14-32-26(31)27(33-23)38-17(2)24-22(29)5-4-21(25(24)30)28(36)35-8-10-37-11-9-35/h4-5,12-14,17H,6-11,15H2,1-3H3,(H2,31,32). The van der Waals surface area contributed by atoms with Gasteiger partial charge in [0.15, 0.2) is 5.82 Å². The van der Waals surface area contributed by atoms with Crippen LogP contribution in [-0.4, -0.2) is 65.6 Å². The van der Waals surface area contributed by atoms with Crippen LogP contribution in [0, 0.1) is 6.92 Å². The summed E-state index contributed by atoms with van der Waals surface area (Å²) in [5, 5.41) is 0.636. The van der Waals surface area contributed by atoms with Crippen molar-refractivity contribution in [1.29, 1.82) is 0 Å². The number of rotatable bonds is 5. The lowest BCUT2D eigenvalue weighted by atomic mass is 9.92. The summed E-state index contributed by atoms with van der Waals surface area (Å²) in [5.74, 6) is 0.167. The van der Waals surface area contributed by atoms with Crippen molar-refractivity contribution in [2.24, 2.45) is 0 Å². The Morgan fingerprint density at radius 3 is 2.71 bits per heavy atom. The summed E-state index contributed by atoms with van der Waals surface area (Å²) in [6, 6.07) is 7.60. The molecule has 0 spiro atoms. The number of halogens is 2. The van der Waals surface area contributed by atoms with E-state index in [1.54, 1.807) is 30.2 Å². The molecule has 1 amide bonds. The van der Waals surface area contributed by atoms with Crippen molar-refractivity contribution >= 4 is 34.9 Å². The Labute approximate surface area is 232 Å². The van der Waals surface area contributed by atoms with E-state index in [0.717, 1.165) is 25.1 Å². The molecule has 1 unspecified atom stereocenters. The number of likely N-dealkylation sites (N-methyl/N-ethyl adjacent to an activating group) is 1. The number of morpholine rings is 1. The summed E-state index contributed by atoms with van der Waals surface area (Å²) in [4.78, 5) is 26.2. The molecule has 0 radical (unpaired) electrons. The molecule has 2 aliphatic rings. The quantitative estimate of drug-likeness (QED) is 0.476. The van der Waals surface area contributed by atoms with Gasteiger partial charge in [0.25, 0.3) is 11.8 Å². The Morgan fingerprint density at radius 1 is 1.18 bits per heavy atom. The van der Waals surface area contributed by atoms with Gasteiger partial charge in [0.05, 0.1) is 35.7 Å². The summed E-state index contributed by atoms with van der Waals surface area (Å²) in [6.45, 7) is 7.89. The highest BCUT2D eigenvalue weighted by molar-refractivity contribution is 6.38. The molecule has 0 aliphatic carbocycles. The number of carbonyl (C=O) groups is 1. The summed E-state index contributed by atoms with van der Waals surface area (Å²) in [6.07, 6.45) is 2.05. The van der Waals surface area contributed by atoms with Gasteiger partial charge >= 0.3 is 0 Å². The lowest BCUT2D eigenvalue weighted by Crippen LogP contribution is -2.40. The van der Waals surface area contributed by atoms with Crippen molar-refractivity contribution in [3.05, 3.63) is 68.3 Å². The molecule has 200 valence electrons. The second-order valence-electron chi connectivity index (χ2n) is 9.85. The molecule has 2 aliphatic heterocycles. The fourth-order valence-electron chi connectivity index (χ4n) is 5.09. The number of fused-ring (bicyclic) bond motifs is 1. The lowest BCUT2D eigenvalue weighted by molar-refractivity contribution is 0.0303. The molecule has 2 N–H and O–H groups in total. The molecular weight excluding hydrogens is 525 g/mol. The van der Waals surface area contributed by atoms with Crippen LogP contribution in [0.4, 0.5) is 5.82 Å². The van der Waals surface area contributed by atoms with Crippen LogP contribution in [-0.2, 0) is 17.7 Å². The average Bonchev–Trinajstić information content (AvgIpc) is 2.90. The van der Waals surface area contributed by atoms with Gasteiger partial charge in [-0.15, -0.1) is 0 Å². The number of hydrogen-bond donors (Lipinski definition) is 1. The Kier molecular flexibility index (Phi) is 7.77. The fourth-order valence-corrected chi connectivity index (χ4v) is 5.85. The first-order valence-electron chi connectivity index (χ1n) is 12.7. The van der Waals surface area contributed by atoms with Crippen molar-refractivity contribution in [3.63, 3.8) is 0 Å². The van der Waals surface area contributed by atoms with E-state index in [0.29, 0.717) is 48.1 Å². The Hall–Kier alpha value is -2.91. The van der Waals surface area contributed by atoms with E-state index >= 15 is 0 Å². The highest BCUT2D eigenvalue weighted by atomic mass is 35.5. The largest absolute Gasteiger partial charge is 0.467 e. The van der Waals surface area contributed by atoms with Gasteiger partial charge in [-0.1, -0.05) is 23.2 Å². The smallest absolute Gasteiger partial charge is 0.258 e. The third kappa shape index (κ3) is 5.31. The zero-order valence-corrected chi connectivity index (χ0v) is 23.3. The number of amides is 1. The van der Waals surface area contributed by atoms with E-state index in [1.165, 1.54) is 16.7 Å². The third-order valence-electron chi connectivity index (χ3n) is 7.16. The molecule has 3 heterocycles. The number of anilines is 1. The third-order valence-corrected chi connectivity index (χ3v) is 7.90. The second-order valence-corrected chi connectivity index (χ2v) is 10.6. The number of aryl methyl sites for hydroxylation is 1. The number of aromatic nitrogens is 2. The zero-order valence-electron chi connectivity index (χ0n) is 21.8. The molecule has 0 saturated carbocycles. The molecule has 1 fully saturated rings. The van der Waals surface area contributed by atoms with Crippen LogP contribution in [0.15, 0.2) is 30.5 Å². The van der Waals surface area contributed by atoms with Gasteiger partial charge in [-0.25, -0.2) is 9.97 Å². The van der Waals surface area contributed by atoms with Gasteiger partial charge in [-0.05, 0) is 68.3 Å². The monoisotopic (exact) mass is 555 g/mol. The van der Waals surface area contributed by atoms with E-state index in [4.69, 9.17) is 43.4 Å². The van der Waals surface area contributed by atoms with Crippen molar-refractivity contribution in [3.8, 4) is 17.1 Å². The van der Waals surface area contributed by atoms with Crippen LogP contribution in [0.5, 0.6) is 5.88 Å². The molecule has 5 rings (SSSR count). The highest BCUT2D eigenvalue weighted by Crippen LogP contribution is 2.37. The molecule has 2 aromatic carbocycles. The van der Waals surface area contributed by atoms with Crippen LogP contribution in [0.3, 0.4) is 0 Å². The number of hydrogen-bond acceptors (Lipinski definition) is 7. The first-order chi connectivity index (χ1) is 18.2. The van der Waals surface area contributed by atoms with E-state index in [2.05, 4.69) is 36.0 Å². The van der Waals surface area contributed by atoms with Gasteiger partial charge in [0.1, 0.15) is 6.10 Å². The summed E-state index contributed by atoms with van der Waals surface area (Å²) >= 11 is 13.3. The Bertz CT molecular complexity index is 1380. The molecule has 38 heavy (non-hydrogen) atoms. The average molecular weight is 556 g/mol. The minimum Gasteiger partial charge on any atom is -0.467 e. The Balaban J connectivity index is 1.43. The van der Waals surface area contributed by atoms with E-state index in [9.17, 15) is 4.79 Å². The van der Waals surface area contributed by atoms with Gasteiger partial charge in [-0.3, -0.25) is 4.79 Å². The van der Waals surface area contributed by atoms with Crippen molar-refractivity contribution < 1.29 is 14.3 Å². The summed E-state index contributed by atoms with van der Waals surface area (Å²) < 4.78 is 11.5. The summed E-state index contributed by atoms with van der Waals surface area (Å²) in [5.41, 5.74) is 12.6. The molecule has 3 aromatic rings. The SMILES string of the molecule is Cc1cc(-c2cnc(N)c(OC(C)c3c(Cl)ccc(C(=O)N4CCOCC4)c3Cl)n2)cc2c1CCN(C)C2. The second kappa shape index (κ2) is 11.1. The van der Waals surface area contributed by atoms with Crippen LogP contribution >= 0.6 is 23.2 Å². The first kappa shape index (κ1) is 26.7. The van der Waals surface area contributed by atoms with Crippen LogP contribution in [0.1, 0.15) is 45.6 Å². The number of ether oxygens (including phenoxy) is 2. The zero-order chi connectivity index (χ0) is 27.0. The van der Waals surface area contributed by atoms with Crippen LogP contribution < -0.4 is 10.5 Å². The maximum Gasteiger partial charge on any atom is 0.258 e. The van der Waals surface area contributed by atoms with E-state index in [-0.39, 0.29) is 22.6 Å². The molecular formula is C28H31Cl2N5O3. The number of benzene rings is 2. The number of nitrogens with two attached hydrogens (primary N) is 1. The molecule has 0 bridgehead atoms. The van der Waals surface area contributed by atoms with Crippen LogP contribution in [0.25, 0.3) is 11.3 Å². The van der Waals surface area contributed by atoms with Crippen molar-refractivity contribution in [2.45, 2.75) is 32.9 Å². The maximum atomic E-state index is 13.1. The van der Waals surface area contributed by atoms with Gasteiger partial charge < -0.3 is 25.0 Å². The summed E-state index contributed by atoms with van der Waals surface area (Å²) in [7, 11) is 2.13. The van der Waals surface area contributed by atoms with Gasteiger partial charge in [0, 0.05) is 42.3 Å². The first-order valence-corrected chi connectivity index (χ1v) is 13.4. The van der Waals surface area contributed by atoms with Gasteiger partial charge in [0.2, 0.25) is 0 Å². The maximum absolute atomic E-state index is 13.1. The molecule has 1 atom stereocenters. The molecule has 1 saturated heterocycles. The lowest BCUT2D eigenvalue weighted by Gasteiger charge is -2.28.